The van der Waals surface area contributed by atoms with E-state index in [0.717, 1.165) is 27.8 Å². The summed E-state index contributed by atoms with van der Waals surface area (Å²) in [5.41, 5.74) is 2.56. The maximum absolute atomic E-state index is 14.0. The van der Waals surface area contributed by atoms with Crippen LogP contribution in [-0.4, -0.2) is 6.61 Å². The lowest BCUT2D eigenvalue weighted by Crippen LogP contribution is -2.00. The first-order valence-electron chi connectivity index (χ1n) is 6.10. The molecule has 0 spiro atoms. The number of ether oxygens (including phenoxy) is 1. The molecule has 0 amide bonds. The van der Waals surface area contributed by atoms with Gasteiger partial charge in [-0.05, 0) is 35.9 Å². The summed E-state index contributed by atoms with van der Waals surface area (Å²) in [4.78, 5) is -0.300. The fraction of sp³-hybridized carbons (Fsp3) is 0.200. The second-order valence-corrected chi connectivity index (χ2v) is 6.88. The Labute approximate surface area is 138 Å². The van der Waals surface area contributed by atoms with Crippen LogP contribution in [0.2, 0.25) is 5.02 Å². The fourth-order valence-corrected chi connectivity index (χ4v) is 3.76. The van der Waals surface area contributed by atoms with Crippen molar-refractivity contribution in [3.8, 4) is 5.75 Å². The molecular formula is C15H10Br2ClFO. The third-order valence-corrected chi connectivity index (χ3v) is 4.96. The van der Waals surface area contributed by atoms with E-state index in [1.807, 2.05) is 12.1 Å². The van der Waals surface area contributed by atoms with Crippen molar-refractivity contribution >= 4 is 43.5 Å². The molecule has 0 N–H and O–H groups in total. The lowest BCUT2D eigenvalue weighted by Gasteiger charge is -2.16. The van der Waals surface area contributed by atoms with Crippen molar-refractivity contribution in [1.82, 2.24) is 0 Å². The van der Waals surface area contributed by atoms with Crippen LogP contribution in [-0.2, 0) is 6.42 Å². The normalized spacial score (nSPS) is 14.8. The van der Waals surface area contributed by atoms with Crippen LogP contribution in [0.4, 0.5) is 4.39 Å². The molecule has 5 heteroatoms. The van der Waals surface area contributed by atoms with Gasteiger partial charge in [0.05, 0.1) is 11.4 Å². The summed E-state index contributed by atoms with van der Waals surface area (Å²) >= 11 is 13.0. The number of benzene rings is 2. The zero-order valence-corrected chi connectivity index (χ0v) is 14.2. The highest BCUT2D eigenvalue weighted by atomic mass is 79.9. The van der Waals surface area contributed by atoms with Crippen LogP contribution in [0.25, 0.3) is 0 Å². The van der Waals surface area contributed by atoms with E-state index in [-0.39, 0.29) is 10.6 Å². The van der Waals surface area contributed by atoms with Gasteiger partial charge in [-0.3, -0.25) is 0 Å². The molecule has 1 heterocycles. The molecule has 1 atom stereocenters. The lowest BCUT2D eigenvalue weighted by atomic mass is 10.0. The maximum atomic E-state index is 14.0. The Hall–Kier alpha value is -0.580. The third kappa shape index (κ3) is 2.61. The van der Waals surface area contributed by atoms with Crippen LogP contribution in [0.1, 0.15) is 21.5 Å². The van der Waals surface area contributed by atoms with Crippen LogP contribution >= 0.6 is 43.5 Å². The van der Waals surface area contributed by atoms with Gasteiger partial charge in [-0.2, -0.15) is 0 Å². The monoisotopic (exact) mass is 418 g/mol. The number of halogens is 4. The van der Waals surface area contributed by atoms with Crippen LogP contribution in [0, 0.1) is 5.82 Å². The van der Waals surface area contributed by atoms with Gasteiger partial charge >= 0.3 is 0 Å². The molecule has 0 saturated carbocycles. The first-order chi connectivity index (χ1) is 9.56. The molecule has 0 aromatic heterocycles. The number of hydrogen-bond donors (Lipinski definition) is 0. The summed E-state index contributed by atoms with van der Waals surface area (Å²) in [5.74, 6) is 0.553. The highest BCUT2D eigenvalue weighted by Gasteiger charge is 2.24. The number of alkyl halides is 1. The van der Waals surface area contributed by atoms with Crippen molar-refractivity contribution < 1.29 is 9.13 Å². The van der Waals surface area contributed by atoms with E-state index in [2.05, 4.69) is 31.9 Å². The zero-order chi connectivity index (χ0) is 14.3. The summed E-state index contributed by atoms with van der Waals surface area (Å²) in [7, 11) is 0. The predicted octanol–water partition coefficient (Wildman–Crippen LogP) is 5.66. The van der Waals surface area contributed by atoms with Crippen molar-refractivity contribution in [1.29, 1.82) is 0 Å². The molecule has 0 saturated heterocycles. The van der Waals surface area contributed by atoms with E-state index in [4.69, 9.17) is 16.3 Å². The quantitative estimate of drug-likeness (QED) is 0.570. The summed E-state index contributed by atoms with van der Waals surface area (Å²) in [6, 6.07) is 8.55. The Morgan fingerprint density at radius 2 is 2.00 bits per heavy atom. The van der Waals surface area contributed by atoms with Crippen molar-refractivity contribution in [2.75, 3.05) is 6.61 Å². The van der Waals surface area contributed by atoms with Gasteiger partial charge in [0.1, 0.15) is 11.6 Å². The molecule has 0 fully saturated rings. The van der Waals surface area contributed by atoms with E-state index in [0.29, 0.717) is 17.2 Å². The van der Waals surface area contributed by atoms with Gasteiger partial charge in [0, 0.05) is 27.0 Å². The fourth-order valence-electron chi connectivity index (χ4n) is 2.36. The third-order valence-electron chi connectivity index (χ3n) is 3.28. The molecule has 0 radical (unpaired) electrons. The minimum absolute atomic E-state index is 0.289. The molecular weight excluding hydrogens is 410 g/mol. The van der Waals surface area contributed by atoms with Gasteiger partial charge in [-0.15, -0.1) is 0 Å². The highest BCUT2D eigenvalue weighted by Crippen LogP contribution is 2.43. The van der Waals surface area contributed by atoms with Gasteiger partial charge in [0.15, 0.2) is 0 Å². The minimum atomic E-state index is -0.300. The summed E-state index contributed by atoms with van der Waals surface area (Å²) in [6.07, 6.45) is 0.875. The van der Waals surface area contributed by atoms with Crippen LogP contribution in [0.3, 0.4) is 0 Å². The van der Waals surface area contributed by atoms with E-state index < -0.39 is 0 Å². The van der Waals surface area contributed by atoms with Crippen molar-refractivity contribution in [2.45, 2.75) is 11.2 Å². The van der Waals surface area contributed by atoms with Crippen molar-refractivity contribution in [3.05, 3.63) is 62.3 Å². The molecule has 2 aromatic rings. The summed E-state index contributed by atoms with van der Waals surface area (Å²) < 4.78 is 20.7. The molecule has 1 unspecified atom stereocenters. The Balaban J connectivity index is 2.11. The number of hydrogen-bond acceptors (Lipinski definition) is 1. The second kappa shape index (κ2) is 5.66. The average Bonchev–Trinajstić information content (AvgIpc) is 2.87. The largest absolute Gasteiger partial charge is 0.493 e. The molecule has 2 aromatic carbocycles. The average molecular weight is 421 g/mol. The Morgan fingerprint density at radius 3 is 2.80 bits per heavy atom. The molecule has 1 aliphatic heterocycles. The van der Waals surface area contributed by atoms with Gasteiger partial charge in [-0.1, -0.05) is 43.5 Å². The summed E-state index contributed by atoms with van der Waals surface area (Å²) in [5, 5.41) is 0.512. The Morgan fingerprint density at radius 1 is 1.20 bits per heavy atom. The highest BCUT2D eigenvalue weighted by molar-refractivity contribution is 9.10. The Kier molecular flexibility index (Phi) is 4.07. The van der Waals surface area contributed by atoms with Gasteiger partial charge in [0.25, 0.3) is 0 Å². The van der Waals surface area contributed by atoms with Gasteiger partial charge in [0.2, 0.25) is 0 Å². The van der Waals surface area contributed by atoms with Crippen LogP contribution in [0.15, 0.2) is 34.8 Å². The van der Waals surface area contributed by atoms with E-state index in [1.54, 1.807) is 12.1 Å². The smallest absolute Gasteiger partial charge is 0.127 e. The minimum Gasteiger partial charge on any atom is -0.493 e. The molecule has 0 bridgehead atoms. The molecule has 1 nitrogen and oxygen atoms in total. The zero-order valence-electron chi connectivity index (χ0n) is 10.3. The first kappa shape index (κ1) is 14.4. The predicted molar refractivity (Wildman–Crippen MR) is 85.5 cm³/mol. The van der Waals surface area contributed by atoms with Crippen molar-refractivity contribution in [3.63, 3.8) is 0 Å². The molecule has 104 valence electrons. The first-order valence-corrected chi connectivity index (χ1v) is 8.19. The standard InChI is InChI=1S/C15H10Br2ClFO/c16-9-5-8-3-4-20-15(8)12(6-9)14(17)11-7-10(18)1-2-13(11)19/h1-2,5-7,14H,3-4H2. The molecule has 3 rings (SSSR count). The summed E-state index contributed by atoms with van der Waals surface area (Å²) in [6.45, 7) is 0.663. The van der Waals surface area contributed by atoms with E-state index in [1.165, 1.54) is 6.07 Å². The van der Waals surface area contributed by atoms with Crippen molar-refractivity contribution in [2.24, 2.45) is 0 Å². The topological polar surface area (TPSA) is 9.23 Å². The van der Waals surface area contributed by atoms with E-state index in [9.17, 15) is 4.39 Å². The number of fused-ring (bicyclic) bond motifs is 1. The lowest BCUT2D eigenvalue weighted by molar-refractivity contribution is 0.354. The molecule has 1 aliphatic rings. The van der Waals surface area contributed by atoms with Gasteiger partial charge < -0.3 is 4.74 Å². The number of rotatable bonds is 2. The Bertz CT molecular complexity index is 675. The maximum Gasteiger partial charge on any atom is 0.127 e. The van der Waals surface area contributed by atoms with E-state index >= 15 is 0 Å². The SMILES string of the molecule is Fc1ccc(Cl)cc1C(Br)c1cc(Br)cc2c1OCC2. The van der Waals surface area contributed by atoms with Crippen LogP contribution in [0.5, 0.6) is 5.75 Å². The van der Waals surface area contributed by atoms with Crippen LogP contribution < -0.4 is 4.74 Å². The molecule has 20 heavy (non-hydrogen) atoms. The molecule has 0 aliphatic carbocycles. The van der Waals surface area contributed by atoms with Gasteiger partial charge in [-0.25, -0.2) is 4.39 Å². The second-order valence-electron chi connectivity index (χ2n) is 4.61.